The standard InChI is InChI=1S/C11H20ClN3O3/c1-3-16-7-5-15(6-8-17-4-2)11-14-13-10(9-12)18-11/h3-9H2,1-2H3. The van der Waals surface area contributed by atoms with E-state index in [1.54, 1.807) is 0 Å². The van der Waals surface area contributed by atoms with Crippen LogP contribution in [0.5, 0.6) is 0 Å². The van der Waals surface area contributed by atoms with Gasteiger partial charge in [-0.25, -0.2) is 0 Å². The molecular weight excluding hydrogens is 258 g/mol. The molecule has 0 aliphatic rings. The molecule has 0 aliphatic heterocycles. The van der Waals surface area contributed by atoms with E-state index in [1.807, 2.05) is 18.7 Å². The maximum atomic E-state index is 5.63. The summed E-state index contributed by atoms with van der Waals surface area (Å²) in [5.41, 5.74) is 0. The molecule has 0 radical (unpaired) electrons. The minimum atomic E-state index is 0.220. The number of aromatic nitrogens is 2. The number of nitrogens with zero attached hydrogens (tertiary/aromatic N) is 3. The summed E-state index contributed by atoms with van der Waals surface area (Å²) in [7, 11) is 0. The molecule has 0 unspecified atom stereocenters. The van der Waals surface area contributed by atoms with Crippen LogP contribution in [0.3, 0.4) is 0 Å². The average Bonchev–Trinajstić information content (AvgIpc) is 2.86. The SMILES string of the molecule is CCOCCN(CCOCC)c1nnc(CCl)o1. The van der Waals surface area contributed by atoms with Gasteiger partial charge in [0, 0.05) is 26.3 Å². The van der Waals surface area contributed by atoms with Crippen LogP contribution < -0.4 is 4.90 Å². The van der Waals surface area contributed by atoms with Crippen molar-refractivity contribution in [1.29, 1.82) is 0 Å². The summed E-state index contributed by atoms with van der Waals surface area (Å²) in [5.74, 6) is 0.641. The summed E-state index contributed by atoms with van der Waals surface area (Å²) >= 11 is 5.63. The van der Waals surface area contributed by atoms with E-state index in [2.05, 4.69) is 10.2 Å². The largest absolute Gasteiger partial charge is 0.407 e. The molecule has 6 nitrogen and oxygen atoms in total. The second-order valence-electron chi connectivity index (χ2n) is 3.49. The van der Waals surface area contributed by atoms with E-state index in [4.69, 9.17) is 25.5 Å². The third-order valence-corrected chi connectivity index (χ3v) is 2.49. The average molecular weight is 278 g/mol. The molecule has 0 fully saturated rings. The minimum absolute atomic E-state index is 0.220. The summed E-state index contributed by atoms with van der Waals surface area (Å²) in [4.78, 5) is 1.94. The van der Waals surface area contributed by atoms with Gasteiger partial charge in [-0.15, -0.1) is 16.7 Å². The van der Waals surface area contributed by atoms with E-state index < -0.39 is 0 Å². The molecule has 0 saturated carbocycles. The fourth-order valence-corrected chi connectivity index (χ4v) is 1.48. The Morgan fingerprint density at radius 1 is 1.11 bits per heavy atom. The molecule has 1 rings (SSSR count). The van der Waals surface area contributed by atoms with Crippen molar-refractivity contribution >= 4 is 17.6 Å². The zero-order chi connectivity index (χ0) is 13.2. The number of hydrogen-bond acceptors (Lipinski definition) is 6. The topological polar surface area (TPSA) is 60.6 Å². The fraction of sp³-hybridized carbons (Fsp3) is 0.818. The van der Waals surface area contributed by atoms with Crippen molar-refractivity contribution < 1.29 is 13.9 Å². The number of ether oxygens (including phenoxy) is 2. The van der Waals surface area contributed by atoms with Crippen molar-refractivity contribution in [3.05, 3.63) is 5.89 Å². The molecule has 18 heavy (non-hydrogen) atoms. The molecule has 0 bridgehead atoms. The van der Waals surface area contributed by atoms with Crippen LogP contribution in [0, 0.1) is 0 Å². The maximum absolute atomic E-state index is 5.63. The lowest BCUT2D eigenvalue weighted by Gasteiger charge is -2.19. The highest BCUT2D eigenvalue weighted by atomic mass is 35.5. The van der Waals surface area contributed by atoms with Gasteiger partial charge in [0.25, 0.3) is 0 Å². The van der Waals surface area contributed by atoms with E-state index >= 15 is 0 Å². The van der Waals surface area contributed by atoms with Gasteiger partial charge in [-0.2, -0.15) is 0 Å². The first kappa shape index (κ1) is 15.2. The quantitative estimate of drug-likeness (QED) is 0.479. The zero-order valence-electron chi connectivity index (χ0n) is 10.9. The van der Waals surface area contributed by atoms with E-state index in [-0.39, 0.29) is 5.88 Å². The molecular formula is C11H20ClN3O3. The first-order valence-electron chi connectivity index (χ1n) is 6.10. The molecule has 104 valence electrons. The summed E-state index contributed by atoms with van der Waals surface area (Å²) in [5, 5.41) is 7.80. The highest BCUT2D eigenvalue weighted by Crippen LogP contribution is 2.13. The molecule has 0 N–H and O–H groups in total. The highest BCUT2D eigenvalue weighted by molar-refractivity contribution is 6.16. The number of alkyl halides is 1. The Balaban J connectivity index is 2.51. The van der Waals surface area contributed by atoms with Crippen LogP contribution in [-0.4, -0.2) is 49.7 Å². The van der Waals surface area contributed by atoms with Crippen molar-refractivity contribution in [2.45, 2.75) is 19.7 Å². The van der Waals surface area contributed by atoms with Gasteiger partial charge in [-0.3, -0.25) is 0 Å². The molecule has 0 amide bonds. The normalized spacial score (nSPS) is 10.8. The molecule has 0 spiro atoms. The Kier molecular flexibility index (Phi) is 7.71. The van der Waals surface area contributed by atoms with Gasteiger partial charge in [0.15, 0.2) is 0 Å². The first-order valence-corrected chi connectivity index (χ1v) is 6.64. The van der Waals surface area contributed by atoms with E-state index in [9.17, 15) is 0 Å². The third kappa shape index (κ3) is 5.20. The second kappa shape index (κ2) is 9.13. The Hall–Kier alpha value is -0.850. The summed E-state index contributed by atoms with van der Waals surface area (Å²) in [6.07, 6.45) is 0. The molecule has 1 heterocycles. The van der Waals surface area contributed by atoms with Crippen molar-refractivity contribution in [3.63, 3.8) is 0 Å². The molecule has 1 aromatic heterocycles. The lowest BCUT2D eigenvalue weighted by molar-refractivity contribution is 0.140. The fourth-order valence-electron chi connectivity index (χ4n) is 1.37. The lowest BCUT2D eigenvalue weighted by atomic mass is 10.5. The monoisotopic (exact) mass is 277 g/mol. The van der Waals surface area contributed by atoms with Crippen LogP contribution in [0.15, 0.2) is 4.42 Å². The first-order chi connectivity index (χ1) is 8.81. The molecule has 0 aromatic carbocycles. The molecule has 1 aromatic rings. The Labute approximate surface area is 112 Å². The van der Waals surface area contributed by atoms with E-state index in [0.717, 1.165) is 0 Å². The van der Waals surface area contributed by atoms with Crippen molar-refractivity contribution in [1.82, 2.24) is 10.2 Å². The van der Waals surface area contributed by atoms with Crippen LogP contribution in [0.2, 0.25) is 0 Å². The lowest BCUT2D eigenvalue weighted by Crippen LogP contribution is -2.31. The molecule has 7 heteroatoms. The van der Waals surface area contributed by atoms with Crippen molar-refractivity contribution in [3.8, 4) is 0 Å². The number of rotatable bonds is 10. The Bertz CT molecular complexity index is 312. The van der Waals surface area contributed by atoms with Gasteiger partial charge < -0.3 is 18.8 Å². The van der Waals surface area contributed by atoms with Gasteiger partial charge in [0.05, 0.1) is 13.2 Å². The van der Waals surface area contributed by atoms with Crippen LogP contribution >= 0.6 is 11.6 Å². The van der Waals surface area contributed by atoms with Gasteiger partial charge in [-0.05, 0) is 13.8 Å². The van der Waals surface area contributed by atoms with Crippen LogP contribution in [-0.2, 0) is 15.4 Å². The molecule has 0 saturated heterocycles. The molecule has 0 aliphatic carbocycles. The zero-order valence-corrected chi connectivity index (χ0v) is 11.7. The molecule has 0 atom stereocenters. The predicted octanol–water partition coefficient (Wildman–Crippen LogP) is 1.69. The summed E-state index contributed by atoms with van der Waals surface area (Å²) in [6, 6.07) is 0.463. The Morgan fingerprint density at radius 2 is 1.72 bits per heavy atom. The van der Waals surface area contributed by atoms with Gasteiger partial charge in [0.2, 0.25) is 5.89 Å². The maximum Gasteiger partial charge on any atom is 0.318 e. The van der Waals surface area contributed by atoms with E-state index in [1.165, 1.54) is 0 Å². The number of halogens is 1. The number of anilines is 1. The van der Waals surface area contributed by atoms with Crippen molar-refractivity contribution in [2.75, 3.05) is 44.4 Å². The Morgan fingerprint density at radius 3 is 2.17 bits per heavy atom. The van der Waals surface area contributed by atoms with Gasteiger partial charge >= 0.3 is 6.01 Å². The smallest absolute Gasteiger partial charge is 0.318 e. The van der Waals surface area contributed by atoms with Crippen molar-refractivity contribution in [2.24, 2.45) is 0 Å². The number of hydrogen-bond donors (Lipinski definition) is 0. The predicted molar refractivity (Wildman–Crippen MR) is 69.1 cm³/mol. The third-order valence-electron chi connectivity index (χ3n) is 2.26. The van der Waals surface area contributed by atoms with Gasteiger partial charge in [0.1, 0.15) is 5.88 Å². The summed E-state index contributed by atoms with van der Waals surface area (Å²) in [6.45, 7) is 7.90. The van der Waals surface area contributed by atoms with Crippen LogP contribution in [0.25, 0.3) is 0 Å². The summed E-state index contributed by atoms with van der Waals surface area (Å²) < 4.78 is 16.1. The second-order valence-corrected chi connectivity index (χ2v) is 3.76. The van der Waals surface area contributed by atoms with Gasteiger partial charge in [-0.1, -0.05) is 5.10 Å². The highest BCUT2D eigenvalue weighted by Gasteiger charge is 2.13. The van der Waals surface area contributed by atoms with E-state index in [0.29, 0.717) is 51.4 Å². The van der Waals surface area contributed by atoms with Crippen LogP contribution in [0.4, 0.5) is 6.01 Å². The minimum Gasteiger partial charge on any atom is -0.407 e. The van der Waals surface area contributed by atoms with Crippen LogP contribution in [0.1, 0.15) is 19.7 Å².